The van der Waals surface area contributed by atoms with Gasteiger partial charge in [0.2, 0.25) is 12.7 Å². The van der Waals surface area contributed by atoms with Crippen molar-refractivity contribution in [3.8, 4) is 23.0 Å². The van der Waals surface area contributed by atoms with Gasteiger partial charge in [-0.15, -0.1) is 0 Å². The molecule has 0 aliphatic carbocycles. The Morgan fingerprint density at radius 3 is 2.71 bits per heavy atom. The van der Waals surface area contributed by atoms with Crippen LogP contribution in [0.1, 0.15) is 21.5 Å². The standard InChI is InChI=1S/C25H16ClNO7/c1-30-20-9-7-16(26)12-17(20)23-27-18(25(29)34-23)10-14-4-2-3-5-19(14)33-24(28)15-6-8-21-22(11-15)32-13-31-21/h2-12H,13H2,1H3/b18-10-. The fraction of sp³-hybridized carbons (Fsp3) is 0.0800. The van der Waals surface area contributed by atoms with Crippen molar-refractivity contribution in [2.45, 2.75) is 0 Å². The largest absolute Gasteiger partial charge is 0.496 e. The molecule has 0 spiro atoms. The minimum atomic E-state index is -0.658. The monoisotopic (exact) mass is 477 g/mol. The zero-order valence-electron chi connectivity index (χ0n) is 17.7. The number of rotatable bonds is 5. The van der Waals surface area contributed by atoms with Crippen molar-refractivity contribution in [2.24, 2.45) is 4.99 Å². The van der Waals surface area contributed by atoms with Crippen LogP contribution in [0.25, 0.3) is 6.08 Å². The van der Waals surface area contributed by atoms with Crippen molar-refractivity contribution >= 4 is 35.5 Å². The predicted octanol–water partition coefficient (Wildman–Crippen LogP) is 4.64. The summed E-state index contributed by atoms with van der Waals surface area (Å²) in [5, 5.41) is 0.438. The highest BCUT2D eigenvalue weighted by atomic mass is 35.5. The number of carbonyl (C=O) groups excluding carboxylic acids is 2. The van der Waals surface area contributed by atoms with E-state index in [1.807, 2.05) is 0 Å². The first-order valence-electron chi connectivity index (χ1n) is 10.1. The number of benzene rings is 3. The summed E-state index contributed by atoms with van der Waals surface area (Å²) < 4.78 is 26.8. The maximum absolute atomic E-state index is 12.7. The van der Waals surface area contributed by atoms with Crippen LogP contribution in [0.3, 0.4) is 0 Å². The van der Waals surface area contributed by atoms with Crippen molar-refractivity contribution in [3.05, 3.63) is 88.1 Å². The Balaban J connectivity index is 1.43. The second-order valence-corrected chi connectivity index (χ2v) is 7.61. The maximum atomic E-state index is 12.7. The summed E-state index contributed by atoms with van der Waals surface area (Å²) in [4.78, 5) is 29.5. The van der Waals surface area contributed by atoms with E-state index in [1.165, 1.54) is 13.2 Å². The van der Waals surface area contributed by atoms with Crippen molar-refractivity contribution in [1.82, 2.24) is 0 Å². The molecule has 0 atom stereocenters. The fourth-order valence-electron chi connectivity index (χ4n) is 3.39. The SMILES string of the molecule is COc1ccc(Cl)cc1C1=N/C(=C\c2ccccc2OC(=O)c2ccc3c(c2)OCO3)C(=O)O1. The molecule has 9 heteroatoms. The molecular weight excluding hydrogens is 462 g/mol. The fourth-order valence-corrected chi connectivity index (χ4v) is 3.57. The average Bonchev–Trinajstić information content (AvgIpc) is 3.46. The van der Waals surface area contributed by atoms with Gasteiger partial charge in [0, 0.05) is 10.6 Å². The van der Waals surface area contributed by atoms with Gasteiger partial charge in [0.25, 0.3) is 0 Å². The van der Waals surface area contributed by atoms with Crippen molar-refractivity contribution < 1.29 is 33.3 Å². The average molecular weight is 478 g/mol. The van der Waals surface area contributed by atoms with E-state index in [0.717, 1.165) is 0 Å². The molecule has 0 radical (unpaired) electrons. The van der Waals surface area contributed by atoms with Gasteiger partial charge < -0.3 is 23.7 Å². The van der Waals surface area contributed by atoms with E-state index in [4.69, 9.17) is 35.3 Å². The second-order valence-electron chi connectivity index (χ2n) is 7.18. The highest BCUT2D eigenvalue weighted by Crippen LogP contribution is 2.33. The zero-order valence-corrected chi connectivity index (χ0v) is 18.5. The first-order chi connectivity index (χ1) is 16.5. The molecule has 170 valence electrons. The molecule has 2 heterocycles. The Labute approximate surface area is 198 Å². The number of aliphatic imine (C=N–C) groups is 1. The number of ether oxygens (including phenoxy) is 5. The lowest BCUT2D eigenvalue weighted by Gasteiger charge is -2.08. The van der Waals surface area contributed by atoms with Gasteiger partial charge in [0.1, 0.15) is 11.5 Å². The summed E-state index contributed by atoms with van der Waals surface area (Å²) in [6.07, 6.45) is 1.48. The highest BCUT2D eigenvalue weighted by Gasteiger charge is 2.27. The number of carbonyl (C=O) groups is 2. The van der Waals surface area contributed by atoms with Crippen LogP contribution in [0.15, 0.2) is 71.4 Å². The number of cyclic esters (lactones) is 1. The third-order valence-corrected chi connectivity index (χ3v) is 5.27. The predicted molar refractivity (Wildman–Crippen MR) is 123 cm³/mol. The number of halogens is 1. The van der Waals surface area contributed by atoms with E-state index in [9.17, 15) is 9.59 Å². The van der Waals surface area contributed by atoms with Crippen LogP contribution in [0.2, 0.25) is 5.02 Å². The quantitative estimate of drug-likeness (QED) is 0.300. The second kappa shape index (κ2) is 8.92. The molecule has 0 aromatic heterocycles. The number of fused-ring (bicyclic) bond motifs is 1. The molecule has 0 saturated heterocycles. The Morgan fingerprint density at radius 2 is 1.85 bits per heavy atom. The summed E-state index contributed by atoms with van der Waals surface area (Å²) in [5.41, 5.74) is 1.23. The van der Waals surface area contributed by atoms with Crippen LogP contribution >= 0.6 is 11.6 Å². The summed E-state index contributed by atoms with van der Waals surface area (Å²) in [7, 11) is 1.49. The lowest BCUT2D eigenvalue weighted by Crippen LogP contribution is -2.09. The molecular formula is C25H16ClNO7. The zero-order chi connectivity index (χ0) is 23.7. The number of esters is 2. The molecule has 0 amide bonds. The number of para-hydroxylation sites is 1. The van der Waals surface area contributed by atoms with E-state index in [0.29, 0.717) is 39.0 Å². The highest BCUT2D eigenvalue weighted by molar-refractivity contribution is 6.31. The molecule has 3 aromatic rings. The summed E-state index contributed by atoms with van der Waals surface area (Å²) in [6, 6.07) is 16.4. The molecule has 0 unspecified atom stereocenters. The van der Waals surface area contributed by atoms with Crippen LogP contribution < -0.4 is 18.9 Å². The Kier molecular flexibility index (Phi) is 5.65. The van der Waals surface area contributed by atoms with Crippen LogP contribution in [0, 0.1) is 0 Å². The molecule has 3 aromatic carbocycles. The molecule has 0 bridgehead atoms. The molecule has 34 heavy (non-hydrogen) atoms. The van der Waals surface area contributed by atoms with E-state index < -0.39 is 11.9 Å². The summed E-state index contributed by atoms with van der Waals surface area (Å²) in [6.45, 7) is 0.101. The van der Waals surface area contributed by atoms with Crippen molar-refractivity contribution in [1.29, 1.82) is 0 Å². The number of hydrogen-bond acceptors (Lipinski definition) is 8. The lowest BCUT2D eigenvalue weighted by molar-refractivity contribution is -0.129. The Bertz CT molecular complexity index is 1380. The first-order valence-corrected chi connectivity index (χ1v) is 10.5. The van der Waals surface area contributed by atoms with E-state index in [1.54, 1.807) is 60.7 Å². The van der Waals surface area contributed by atoms with Gasteiger partial charge in [-0.05, 0) is 48.5 Å². The number of nitrogens with zero attached hydrogens (tertiary/aromatic N) is 1. The van der Waals surface area contributed by atoms with Gasteiger partial charge in [0.05, 0.1) is 18.2 Å². The Hall–Kier alpha value is -4.30. The van der Waals surface area contributed by atoms with Crippen LogP contribution in [0.4, 0.5) is 0 Å². The smallest absolute Gasteiger partial charge is 0.363 e. The lowest BCUT2D eigenvalue weighted by atomic mass is 10.1. The van der Waals surface area contributed by atoms with Gasteiger partial charge in [-0.2, -0.15) is 0 Å². The van der Waals surface area contributed by atoms with Gasteiger partial charge in [-0.25, -0.2) is 14.6 Å². The third kappa shape index (κ3) is 4.18. The van der Waals surface area contributed by atoms with E-state index >= 15 is 0 Å². The Morgan fingerprint density at radius 1 is 1.03 bits per heavy atom. The van der Waals surface area contributed by atoms with Crippen LogP contribution in [-0.4, -0.2) is 31.7 Å². The van der Waals surface area contributed by atoms with Crippen molar-refractivity contribution in [3.63, 3.8) is 0 Å². The summed E-state index contributed by atoms with van der Waals surface area (Å²) in [5.74, 6) is 0.540. The first kappa shape index (κ1) is 21.5. The molecule has 2 aliphatic rings. The van der Waals surface area contributed by atoms with E-state index in [2.05, 4.69) is 4.99 Å². The molecule has 5 rings (SSSR count). The normalized spacial score (nSPS) is 15.2. The minimum absolute atomic E-state index is 0.0311. The molecule has 0 saturated carbocycles. The minimum Gasteiger partial charge on any atom is -0.496 e. The molecule has 8 nitrogen and oxygen atoms in total. The maximum Gasteiger partial charge on any atom is 0.363 e. The molecule has 0 N–H and O–H groups in total. The third-order valence-electron chi connectivity index (χ3n) is 5.03. The van der Waals surface area contributed by atoms with Gasteiger partial charge >= 0.3 is 11.9 Å². The van der Waals surface area contributed by atoms with Crippen LogP contribution in [-0.2, 0) is 9.53 Å². The molecule has 0 fully saturated rings. The number of hydrogen-bond donors (Lipinski definition) is 0. The van der Waals surface area contributed by atoms with Gasteiger partial charge in [0.15, 0.2) is 17.2 Å². The topological polar surface area (TPSA) is 92.7 Å². The number of methoxy groups -OCH3 is 1. The van der Waals surface area contributed by atoms with Gasteiger partial charge in [-0.1, -0.05) is 29.8 Å². The molecule has 2 aliphatic heterocycles. The summed E-state index contributed by atoms with van der Waals surface area (Å²) >= 11 is 6.08. The van der Waals surface area contributed by atoms with Gasteiger partial charge in [-0.3, -0.25) is 0 Å². The van der Waals surface area contributed by atoms with E-state index in [-0.39, 0.29) is 24.1 Å². The van der Waals surface area contributed by atoms with Crippen molar-refractivity contribution in [2.75, 3.05) is 13.9 Å². The van der Waals surface area contributed by atoms with Crippen LogP contribution in [0.5, 0.6) is 23.0 Å².